The number of rotatable bonds is 6. The molecule has 8 heteroatoms. The van der Waals surface area contributed by atoms with Crippen LogP contribution in [0.5, 0.6) is 11.6 Å². The molecule has 0 saturated carbocycles. The van der Waals surface area contributed by atoms with Gasteiger partial charge in [-0.3, -0.25) is 4.99 Å². The molecule has 0 saturated heterocycles. The Balaban J connectivity index is 1.55. The molecule has 0 fully saturated rings. The molecule has 0 aliphatic heterocycles. The highest BCUT2D eigenvalue weighted by Crippen LogP contribution is 2.20. The fourth-order valence-corrected chi connectivity index (χ4v) is 3.42. The summed E-state index contributed by atoms with van der Waals surface area (Å²) in [4.78, 5) is 14.1. The van der Waals surface area contributed by atoms with E-state index in [-0.39, 0.29) is 5.82 Å². The molecule has 3 aromatic rings. The zero-order chi connectivity index (χ0) is 19.9. The smallest absolute Gasteiger partial charge is 0.219 e. The van der Waals surface area contributed by atoms with Gasteiger partial charge in [-0.15, -0.1) is 11.3 Å². The number of aromatic nitrogens is 2. The van der Waals surface area contributed by atoms with Crippen LogP contribution in [-0.2, 0) is 13.1 Å². The summed E-state index contributed by atoms with van der Waals surface area (Å²) in [6.45, 7) is 5.24. The molecule has 0 unspecified atom stereocenters. The molecule has 28 heavy (non-hydrogen) atoms. The van der Waals surface area contributed by atoms with Gasteiger partial charge in [0.1, 0.15) is 11.6 Å². The lowest BCUT2D eigenvalue weighted by atomic mass is 10.2. The third kappa shape index (κ3) is 5.50. The molecule has 2 aromatic heterocycles. The summed E-state index contributed by atoms with van der Waals surface area (Å²) in [5.74, 6) is 1.38. The minimum atomic E-state index is -0.305. The summed E-state index contributed by atoms with van der Waals surface area (Å²) < 4.78 is 18.7. The van der Waals surface area contributed by atoms with Crippen molar-refractivity contribution in [1.29, 1.82) is 0 Å². The largest absolute Gasteiger partial charge is 0.439 e. The Hall–Kier alpha value is -3.00. The average molecular weight is 399 g/mol. The lowest BCUT2D eigenvalue weighted by molar-refractivity contribution is 0.460. The van der Waals surface area contributed by atoms with Crippen molar-refractivity contribution in [2.75, 3.05) is 7.05 Å². The predicted octanol–water partition coefficient (Wildman–Crippen LogP) is 3.95. The van der Waals surface area contributed by atoms with Crippen LogP contribution in [-0.4, -0.2) is 23.0 Å². The zero-order valence-corrected chi connectivity index (χ0v) is 16.8. The van der Waals surface area contributed by atoms with E-state index in [2.05, 4.69) is 25.6 Å². The van der Waals surface area contributed by atoms with E-state index in [1.54, 1.807) is 36.7 Å². The van der Waals surface area contributed by atoms with Crippen molar-refractivity contribution in [3.63, 3.8) is 0 Å². The molecule has 146 valence electrons. The molecule has 0 bridgehead atoms. The van der Waals surface area contributed by atoms with Gasteiger partial charge in [0.25, 0.3) is 0 Å². The third-order valence-corrected chi connectivity index (χ3v) is 5.01. The Bertz CT molecular complexity index is 955. The molecule has 6 nitrogen and oxygen atoms in total. The first-order chi connectivity index (χ1) is 13.5. The van der Waals surface area contributed by atoms with Crippen LogP contribution in [0.25, 0.3) is 0 Å². The van der Waals surface area contributed by atoms with Gasteiger partial charge in [-0.1, -0.05) is 0 Å². The van der Waals surface area contributed by atoms with Crippen LogP contribution < -0.4 is 15.4 Å². The van der Waals surface area contributed by atoms with Gasteiger partial charge in [-0.25, -0.2) is 14.4 Å². The van der Waals surface area contributed by atoms with Crippen LogP contribution in [0.1, 0.15) is 21.1 Å². The highest BCUT2D eigenvalue weighted by atomic mass is 32.1. The van der Waals surface area contributed by atoms with Gasteiger partial charge in [0.2, 0.25) is 5.88 Å². The van der Waals surface area contributed by atoms with Crippen LogP contribution in [0, 0.1) is 19.7 Å². The number of nitrogens with one attached hydrogen (secondary N) is 2. The second-order valence-electron chi connectivity index (χ2n) is 6.08. The van der Waals surface area contributed by atoms with Crippen LogP contribution >= 0.6 is 11.3 Å². The molecule has 0 spiro atoms. The Labute approximate surface area is 167 Å². The van der Waals surface area contributed by atoms with Crippen LogP contribution in [0.4, 0.5) is 4.39 Å². The summed E-state index contributed by atoms with van der Waals surface area (Å²) in [5.41, 5.74) is 2.03. The Morgan fingerprint density at radius 3 is 2.57 bits per heavy atom. The Morgan fingerprint density at radius 1 is 1.14 bits per heavy atom. The molecular formula is C20H22FN5OS. The van der Waals surface area contributed by atoms with Crippen molar-refractivity contribution in [1.82, 2.24) is 20.6 Å². The van der Waals surface area contributed by atoms with E-state index >= 15 is 0 Å². The number of thiazole rings is 1. The first kappa shape index (κ1) is 19.8. The van der Waals surface area contributed by atoms with Crippen molar-refractivity contribution in [2.45, 2.75) is 26.9 Å². The van der Waals surface area contributed by atoms with Crippen molar-refractivity contribution in [2.24, 2.45) is 4.99 Å². The monoisotopic (exact) mass is 399 g/mol. The zero-order valence-electron chi connectivity index (χ0n) is 16.0. The lowest BCUT2D eigenvalue weighted by Gasteiger charge is -2.12. The van der Waals surface area contributed by atoms with E-state index in [0.29, 0.717) is 30.7 Å². The standard InChI is InChI=1S/C20H22FN5OS/c1-13-18(28-14(2)26-13)12-25-20(22-3)24-11-15-8-9-23-19(10-15)27-17-6-4-16(21)5-7-17/h4-10H,11-12H2,1-3H3,(H2,22,24,25). The highest BCUT2D eigenvalue weighted by Gasteiger charge is 2.06. The fraction of sp³-hybridized carbons (Fsp3) is 0.250. The van der Waals surface area contributed by atoms with E-state index in [0.717, 1.165) is 16.3 Å². The Kier molecular flexibility index (Phi) is 6.54. The molecule has 2 N–H and O–H groups in total. The number of aryl methyl sites for hydroxylation is 2. The minimum Gasteiger partial charge on any atom is -0.439 e. The quantitative estimate of drug-likeness (QED) is 0.485. The number of nitrogens with zero attached hydrogens (tertiary/aromatic N) is 3. The first-order valence-corrected chi connectivity index (χ1v) is 9.61. The van der Waals surface area contributed by atoms with E-state index in [4.69, 9.17) is 4.74 Å². The number of hydrogen-bond acceptors (Lipinski definition) is 5. The molecule has 3 rings (SSSR count). The SMILES string of the molecule is CN=C(NCc1ccnc(Oc2ccc(F)cc2)c1)NCc1sc(C)nc1C. The average Bonchev–Trinajstić information content (AvgIpc) is 3.01. The minimum absolute atomic E-state index is 0.305. The molecule has 0 aliphatic rings. The summed E-state index contributed by atoms with van der Waals surface area (Å²) in [6, 6.07) is 9.56. The summed E-state index contributed by atoms with van der Waals surface area (Å²) in [7, 11) is 1.73. The van der Waals surface area contributed by atoms with Crippen LogP contribution in [0.15, 0.2) is 47.6 Å². The fourth-order valence-electron chi connectivity index (χ4n) is 2.55. The van der Waals surface area contributed by atoms with Crippen molar-refractivity contribution in [3.8, 4) is 11.6 Å². The van der Waals surface area contributed by atoms with E-state index in [1.165, 1.54) is 17.0 Å². The highest BCUT2D eigenvalue weighted by molar-refractivity contribution is 7.11. The van der Waals surface area contributed by atoms with Crippen molar-refractivity contribution < 1.29 is 9.13 Å². The molecular weight excluding hydrogens is 377 g/mol. The van der Waals surface area contributed by atoms with Crippen molar-refractivity contribution >= 4 is 17.3 Å². The third-order valence-electron chi connectivity index (χ3n) is 3.93. The number of pyridine rings is 1. The van der Waals surface area contributed by atoms with E-state index < -0.39 is 0 Å². The van der Waals surface area contributed by atoms with Gasteiger partial charge in [0.05, 0.1) is 17.2 Å². The van der Waals surface area contributed by atoms with Gasteiger partial charge < -0.3 is 15.4 Å². The summed E-state index contributed by atoms with van der Waals surface area (Å²) in [6.07, 6.45) is 1.68. The first-order valence-electron chi connectivity index (χ1n) is 8.79. The Morgan fingerprint density at radius 2 is 1.89 bits per heavy atom. The number of ether oxygens (including phenoxy) is 1. The second kappa shape index (κ2) is 9.27. The molecule has 0 aliphatic carbocycles. The van der Waals surface area contributed by atoms with E-state index in [9.17, 15) is 4.39 Å². The number of hydrogen-bond donors (Lipinski definition) is 2. The molecule has 0 atom stereocenters. The van der Waals surface area contributed by atoms with Crippen LogP contribution in [0.3, 0.4) is 0 Å². The van der Waals surface area contributed by atoms with Gasteiger partial charge in [-0.05, 0) is 49.7 Å². The van der Waals surface area contributed by atoms with Gasteiger partial charge >= 0.3 is 0 Å². The van der Waals surface area contributed by atoms with E-state index in [1.807, 2.05) is 26.0 Å². The predicted molar refractivity (Wildman–Crippen MR) is 109 cm³/mol. The maximum atomic E-state index is 13.0. The number of benzene rings is 1. The molecule has 1 aromatic carbocycles. The van der Waals surface area contributed by atoms with Gasteiger partial charge in [-0.2, -0.15) is 0 Å². The maximum Gasteiger partial charge on any atom is 0.219 e. The van der Waals surface area contributed by atoms with Crippen LogP contribution in [0.2, 0.25) is 0 Å². The molecule has 0 amide bonds. The lowest BCUT2D eigenvalue weighted by Crippen LogP contribution is -2.36. The topological polar surface area (TPSA) is 71.4 Å². The maximum absolute atomic E-state index is 13.0. The molecule has 2 heterocycles. The van der Waals surface area contributed by atoms with Gasteiger partial charge in [0.15, 0.2) is 5.96 Å². The summed E-state index contributed by atoms with van der Waals surface area (Å²) in [5, 5.41) is 7.63. The van der Waals surface area contributed by atoms with Gasteiger partial charge in [0, 0.05) is 30.7 Å². The number of halogens is 1. The normalized spacial score (nSPS) is 11.4. The number of guanidine groups is 1. The molecule has 0 radical (unpaired) electrons. The second-order valence-corrected chi connectivity index (χ2v) is 7.37. The number of aliphatic imine (C=N–C) groups is 1. The van der Waals surface area contributed by atoms with Crippen molar-refractivity contribution in [3.05, 3.63) is 69.6 Å². The summed E-state index contributed by atoms with van der Waals surface area (Å²) >= 11 is 1.68.